The first-order valence-corrected chi connectivity index (χ1v) is 8.98. The number of hydrogen-bond donors (Lipinski definition) is 2. The fraction of sp³-hybridized carbons (Fsp3) is 0.381. The number of hydrogen-bond acceptors (Lipinski definition) is 3. The van der Waals surface area contributed by atoms with Gasteiger partial charge in [-0.05, 0) is 49.9 Å². The maximum atomic E-state index is 12.6. The van der Waals surface area contributed by atoms with Crippen LogP contribution >= 0.6 is 24.8 Å². The Kier molecular flexibility index (Phi) is 9.10. The van der Waals surface area contributed by atoms with Gasteiger partial charge in [-0.25, -0.2) is 0 Å². The van der Waals surface area contributed by atoms with E-state index in [0.717, 1.165) is 31.5 Å². The van der Waals surface area contributed by atoms with Crippen molar-refractivity contribution in [1.82, 2.24) is 10.2 Å². The maximum absolute atomic E-state index is 12.6. The average molecular weight is 410 g/mol. The van der Waals surface area contributed by atoms with E-state index >= 15 is 0 Å². The molecule has 0 spiro atoms. The summed E-state index contributed by atoms with van der Waals surface area (Å²) in [6, 6.07) is 16.7. The first-order chi connectivity index (χ1) is 12.0. The van der Waals surface area contributed by atoms with Crippen LogP contribution in [0.2, 0.25) is 0 Å². The Morgan fingerprint density at radius 3 is 2.56 bits per heavy atom. The number of amides is 1. The quantitative estimate of drug-likeness (QED) is 0.743. The number of nitrogens with one attached hydrogen (secondary N) is 1. The molecule has 148 valence electrons. The standard InChI is InChI=1S/C21H27N3O.2ClH/c1-15-8-9-18(22)13-20(15)21(25)23-19-10-11-24(16(2)12-19)14-17-6-4-3-5-7-17;;/h3-9,13,16,19H,10-12,14,22H2,1-2H3,(H,23,25);2*1H. The van der Waals surface area contributed by atoms with E-state index in [2.05, 4.69) is 41.4 Å². The third kappa shape index (κ3) is 6.13. The monoisotopic (exact) mass is 409 g/mol. The zero-order valence-corrected chi connectivity index (χ0v) is 17.5. The number of rotatable bonds is 4. The summed E-state index contributed by atoms with van der Waals surface area (Å²) in [5, 5.41) is 3.20. The predicted molar refractivity (Wildman–Crippen MR) is 117 cm³/mol. The molecular weight excluding hydrogens is 381 g/mol. The Bertz CT molecular complexity index is 739. The molecule has 0 aliphatic carbocycles. The molecule has 0 saturated carbocycles. The van der Waals surface area contributed by atoms with Crippen molar-refractivity contribution in [3.63, 3.8) is 0 Å². The van der Waals surface area contributed by atoms with Gasteiger partial charge in [0.2, 0.25) is 0 Å². The lowest BCUT2D eigenvalue weighted by Gasteiger charge is -2.38. The molecule has 0 radical (unpaired) electrons. The van der Waals surface area contributed by atoms with Crippen molar-refractivity contribution in [2.24, 2.45) is 0 Å². The summed E-state index contributed by atoms with van der Waals surface area (Å²) in [6.45, 7) is 6.15. The number of halogens is 2. The second-order valence-corrected chi connectivity index (χ2v) is 7.07. The van der Waals surface area contributed by atoms with Crippen LogP contribution in [0.3, 0.4) is 0 Å². The van der Waals surface area contributed by atoms with Gasteiger partial charge in [0.15, 0.2) is 0 Å². The molecule has 6 heteroatoms. The van der Waals surface area contributed by atoms with Crippen molar-refractivity contribution in [2.75, 3.05) is 12.3 Å². The highest BCUT2D eigenvalue weighted by molar-refractivity contribution is 5.96. The fourth-order valence-electron chi connectivity index (χ4n) is 3.55. The van der Waals surface area contributed by atoms with Gasteiger partial charge < -0.3 is 11.1 Å². The number of likely N-dealkylation sites (tertiary alicyclic amines) is 1. The molecule has 2 unspecified atom stereocenters. The van der Waals surface area contributed by atoms with E-state index < -0.39 is 0 Å². The van der Waals surface area contributed by atoms with Gasteiger partial charge in [0.05, 0.1) is 0 Å². The van der Waals surface area contributed by atoms with Crippen molar-refractivity contribution in [1.29, 1.82) is 0 Å². The van der Waals surface area contributed by atoms with Crippen LogP contribution in [-0.2, 0) is 6.54 Å². The molecule has 0 aromatic heterocycles. The van der Waals surface area contributed by atoms with Gasteiger partial charge >= 0.3 is 0 Å². The van der Waals surface area contributed by atoms with Crippen LogP contribution in [0.5, 0.6) is 0 Å². The number of anilines is 1. The van der Waals surface area contributed by atoms with Gasteiger partial charge in [-0.1, -0.05) is 36.4 Å². The van der Waals surface area contributed by atoms with Crippen LogP contribution < -0.4 is 11.1 Å². The maximum Gasteiger partial charge on any atom is 0.251 e. The van der Waals surface area contributed by atoms with E-state index in [1.165, 1.54) is 5.56 Å². The van der Waals surface area contributed by atoms with Crippen molar-refractivity contribution >= 4 is 36.4 Å². The molecule has 2 aromatic rings. The normalized spacial score (nSPS) is 19.5. The number of carbonyl (C=O) groups excluding carboxylic acids is 1. The minimum absolute atomic E-state index is 0. The molecule has 1 amide bonds. The average Bonchev–Trinajstić information content (AvgIpc) is 2.60. The van der Waals surface area contributed by atoms with Gasteiger partial charge in [0.25, 0.3) is 5.91 Å². The molecule has 0 bridgehead atoms. The lowest BCUT2D eigenvalue weighted by atomic mass is 9.96. The Labute approximate surface area is 174 Å². The van der Waals surface area contributed by atoms with Crippen LogP contribution in [0, 0.1) is 6.92 Å². The molecule has 2 aromatic carbocycles. The van der Waals surface area contributed by atoms with E-state index in [1.54, 1.807) is 6.07 Å². The Hall–Kier alpha value is -1.75. The first kappa shape index (κ1) is 23.3. The molecule has 1 aliphatic rings. The zero-order chi connectivity index (χ0) is 17.8. The fourth-order valence-corrected chi connectivity index (χ4v) is 3.55. The summed E-state index contributed by atoms with van der Waals surface area (Å²) in [6.07, 6.45) is 1.95. The van der Waals surface area contributed by atoms with Crippen molar-refractivity contribution in [3.8, 4) is 0 Å². The Balaban J connectivity index is 0.00000182. The highest BCUT2D eigenvalue weighted by Crippen LogP contribution is 2.21. The minimum Gasteiger partial charge on any atom is -0.399 e. The second-order valence-electron chi connectivity index (χ2n) is 7.07. The van der Waals surface area contributed by atoms with Crippen LogP contribution in [0.25, 0.3) is 0 Å². The second kappa shape index (κ2) is 10.5. The summed E-state index contributed by atoms with van der Waals surface area (Å²) in [5.74, 6) is -0.0153. The molecule has 27 heavy (non-hydrogen) atoms. The third-order valence-electron chi connectivity index (χ3n) is 5.08. The molecule has 1 fully saturated rings. The molecule has 1 heterocycles. The van der Waals surface area contributed by atoms with Crippen molar-refractivity contribution in [3.05, 3.63) is 65.2 Å². The molecule has 1 saturated heterocycles. The van der Waals surface area contributed by atoms with Gasteiger partial charge in [-0.2, -0.15) is 0 Å². The largest absolute Gasteiger partial charge is 0.399 e. The van der Waals surface area contributed by atoms with E-state index in [1.807, 2.05) is 25.1 Å². The van der Waals surface area contributed by atoms with Gasteiger partial charge in [0, 0.05) is 36.4 Å². The van der Waals surface area contributed by atoms with Gasteiger partial charge in [0.1, 0.15) is 0 Å². The lowest BCUT2D eigenvalue weighted by molar-refractivity contribution is 0.0866. The number of nitrogens with two attached hydrogens (primary N) is 1. The highest BCUT2D eigenvalue weighted by atomic mass is 35.5. The first-order valence-electron chi connectivity index (χ1n) is 8.98. The number of aryl methyl sites for hydroxylation is 1. The van der Waals surface area contributed by atoms with E-state index in [9.17, 15) is 4.79 Å². The number of carbonyl (C=O) groups is 1. The van der Waals surface area contributed by atoms with E-state index in [0.29, 0.717) is 17.3 Å². The molecule has 3 rings (SSSR count). The number of benzene rings is 2. The van der Waals surface area contributed by atoms with E-state index in [4.69, 9.17) is 5.73 Å². The molecule has 2 atom stereocenters. The summed E-state index contributed by atoms with van der Waals surface area (Å²) < 4.78 is 0. The van der Waals surface area contributed by atoms with Crippen LogP contribution in [0.1, 0.15) is 41.3 Å². The summed E-state index contributed by atoms with van der Waals surface area (Å²) >= 11 is 0. The zero-order valence-electron chi connectivity index (χ0n) is 15.9. The minimum atomic E-state index is -0.0153. The van der Waals surface area contributed by atoms with Gasteiger partial charge in [-0.3, -0.25) is 9.69 Å². The number of piperidine rings is 1. The van der Waals surface area contributed by atoms with Gasteiger partial charge in [-0.15, -0.1) is 24.8 Å². The molecule has 4 nitrogen and oxygen atoms in total. The summed E-state index contributed by atoms with van der Waals surface area (Å²) in [4.78, 5) is 15.1. The Morgan fingerprint density at radius 1 is 1.19 bits per heavy atom. The topological polar surface area (TPSA) is 58.4 Å². The number of nitrogens with zero attached hydrogens (tertiary/aromatic N) is 1. The Morgan fingerprint density at radius 2 is 1.89 bits per heavy atom. The SMILES string of the molecule is Cc1ccc(N)cc1C(=O)NC1CCN(Cc2ccccc2)C(C)C1.Cl.Cl. The smallest absolute Gasteiger partial charge is 0.251 e. The van der Waals surface area contributed by atoms with Crippen LogP contribution in [-0.4, -0.2) is 29.4 Å². The summed E-state index contributed by atoms with van der Waals surface area (Å²) in [7, 11) is 0. The number of nitrogen functional groups attached to an aromatic ring is 1. The van der Waals surface area contributed by atoms with Crippen molar-refractivity contribution in [2.45, 2.75) is 45.3 Å². The van der Waals surface area contributed by atoms with Crippen molar-refractivity contribution < 1.29 is 4.79 Å². The molecule has 1 aliphatic heterocycles. The molecule has 3 N–H and O–H groups in total. The predicted octanol–water partition coefficient (Wildman–Crippen LogP) is 4.20. The lowest BCUT2D eigenvalue weighted by Crippen LogP contribution is -2.48. The van der Waals surface area contributed by atoms with Crippen LogP contribution in [0.4, 0.5) is 5.69 Å². The highest BCUT2D eigenvalue weighted by Gasteiger charge is 2.26. The molecular formula is C21H29Cl2N3O. The van der Waals surface area contributed by atoms with E-state index in [-0.39, 0.29) is 36.8 Å². The van der Waals surface area contributed by atoms with Crippen LogP contribution in [0.15, 0.2) is 48.5 Å². The summed E-state index contributed by atoms with van der Waals surface area (Å²) in [5.41, 5.74) is 9.43. The third-order valence-corrected chi connectivity index (χ3v) is 5.08.